The molecule has 13 rings (SSSR count). The van der Waals surface area contributed by atoms with Crippen molar-refractivity contribution in [3.05, 3.63) is 255 Å². The summed E-state index contributed by atoms with van der Waals surface area (Å²) in [4.78, 5) is 8.06. The van der Waals surface area contributed by atoms with Gasteiger partial charge in [-0.2, -0.15) is 9.59 Å². The van der Waals surface area contributed by atoms with Gasteiger partial charge in [-0.25, -0.2) is 0 Å². The van der Waals surface area contributed by atoms with Crippen LogP contribution in [0.2, 0.25) is 0 Å². The summed E-state index contributed by atoms with van der Waals surface area (Å²) < 4.78 is 0. The van der Waals surface area contributed by atoms with Crippen LogP contribution in [-0.2, 0) is 0 Å². The molecule has 0 saturated heterocycles. The smallest absolute Gasteiger partial charge is 0.113 e. The number of hydrogen-bond acceptors (Lipinski definition) is 6. The van der Waals surface area contributed by atoms with Crippen molar-refractivity contribution in [3.8, 4) is 33.6 Å². The van der Waals surface area contributed by atoms with Gasteiger partial charge in [-0.1, -0.05) is 146 Å². The lowest BCUT2D eigenvalue weighted by Gasteiger charge is -2.27. The molecule has 0 unspecified atom stereocenters. The van der Waals surface area contributed by atoms with Crippen molar-refractivity contribution < 1.29 is 0 Å². The molecule has 11 aromatic carbocycles. The van der Waals surface area contributed by atoms with Crippen LogP contribution in [-0.4, -0.2) is 30.0 Å². The van der Waals surface area contributed by atoms with Crippen LogP contribution in [0, 0.1) is 0 Å². The molecule has 0 aliphatic carbocycles. The maximum atomic E-state index is 4.72. The summed E-state index contributed by atoms with van der Waals surface area (Å²) in [7, 11) is 0. The topological polar surface area (TPSA) is 67.9 Å². The second kappa shape index (κ2) is 17.2. The summed E-state index contributed by atoms with van der Waals surface area (Å²) in [5, 5.41) is 23.6. The third-order valence-electron chi connectivity index (χ3n) is 13.1. The predicted octanol–water partition coefficient (Wildman–Crippen LogP) is 15.7. The largest absolute Gasteiger partial charge is 0.310 e. The minimum Gasteiger partial charge on any atom is -0.310 e. The minimum atomic E-state index is 0.867. The van der Waals surface area contributed by atoms with Gasteiger partial charge in [0, 0.05) is 33.5 Å². The van der Waals surface area contributed by atoms with Gasteiger partial charge in [0.15, 0.2) is 0 Å². The number of benzene rings is 11. The van der Waals surface area contributed by atoms with Crippen LogP contribution in [0.1, 0.15) is 0 Å². The third kappa shape index (κ3) is 7.46. The van der Waals surface area contributed by atoms with Crippen LogP contribution >= 0.6 is 0 Å². The molecule has 70 heavy (non-hydrogen) atoms. The highest BCUT2D eigenvalue weighted by Crippen LogP contribution is 2.42. The van der Waals surface area contributed by atoms with E-state index in [0.29, 0.717) is 0 Å². The van der Waals surface area contributed by atoms with E-state index in [9.17, 15) is 0 Å². The highest BCUT2D eigenvalue weighted by Gasteiger charge is 2.19. The Bertz CT molecular complexity index is 3650. The first-order valence-corrected chi connectivity index (χ1v) is 23.4. The fourth-order valence-electron chi connectivity index (χ4n) is 9.54. The van der Waals surface area contributed by atoms with Crippen molar-refractivity contribution in [1.82, 2.24) is 30.0 Å². The summed E-state index contributed by atoms with van der Waals surface area (Å²) in [5.74, 6) is 0. The van der Waals surface area contributed by atoms with Crippen molar-refractivity contribution in [3.63, 3.8) is 0 Å². The van der Waals surface area contributed by atoms with E-state index in [1.807, 2.05) is 48.5 Å². The molecule has 0 aliphatic rings. The molecule has 2 heterocycles. The number of fused-ring (bicyclic) bond motifs is 4. The normalized spacial score (nSPS) is 11.4. The molecule has 330 valence electrons. The zero-order valence-corrected chi connectivity index (χ0v) is 37.8. The lowest BCUT2D eigenvalue weighted by Crippen LogP contribution is -2.11. The summed E-state index contributed by atoms with van der Waals surface area (Å²) in [5.41, 5.74) is 16.2. The molecule has 0 N–H and O–H groups in total. The maximum Gasteiger partial charge on any atom is 0.113 e. The Morgan fingerprint density at radius 3 is 0.857 bits per heavy atom. The van der Waals surface area contributed by atoms with Gasteiger partial charge in [0.2, 0.25) is 0 Å². The van der Waals surface area contributed by atoms with Crippen molar-refractivity contribution in [2.24, 2.45) is 0 Å². The van der Waals surface area contributed by atoms with Crippen molar-refractivity contribution in [2.45, 2.75) is 0 Å². The monoisotopic (exact) mass is 898 g/mol. The molecule has 2 aromatic heterocycles. The Morgan fingerprint density at radius 2 is 0.514 bits per heavy atom. The fourth-order valence-corrected chi connectivity index (χ4v) is 9.54. The molecule has 0 bridgehead atoms. The van der Waals surface area contributed by atoms with E-state index in [1.165, 1.54) is 21.5 Å². The highest BCUT2D eigenvalue weighted by atomic mass is 15.5. The summed E-state index contributed by atoms with van der Waals surface area (Å²) in [6, 6.07) is 89.4. The van der Waals surface area contributed by atoms with Crippen LogP contribution < -0.4 is 9.80 Å². The Morgan fingerprint density at radius 1 is 0.243 bits per heavy atom. The summed E-state index contributed by atoms with van der Waals surface area (Å²) in [6.45, 7) is 0. The van der Waals surface area contributed by atoms with Gasteiger partial charge in [-0.05, 0) is 142 Å². The average Bonchev–Trinajstić information content (AvgIpc) is 4.08. The van der Waals surface area contributed by atoms with Gasteiger partial charge in [0.05, 0.1) is 22.7 Å². The molecule has 8 nitrogen and oxygen atoms in total. The Balaban J connectivity index is 0.788. The van der Waals surface area contributed by atoms with E-state index in [0.717, 1.165) is 89.8 Å². The van der Waals surface area contributed by atoms with E-state index < -0.39 is 0 Å². The van der Waals surface area contributed by atoms with Crippen molar-refractivity contribution in [2.75, 3.05) is 9.80 Å². The lowest BCUT2D eigenvalue weighted by molar-refractivity contribution is 0.765. The Kier molecular flexibility index (Phi) is 9.98. The second-order valence-corrected chi connectivity index (χ2v) is 17.3. The molecule has 0 aliphatic heterocycles. The van der Waals surface area contributed by atoms with E-state index in [2.05, 4.69) is 216 Å². The first-order valence-electron chi connectivity index (χ1n) is 23.4. The molecule has 0 saturated carbocycles. The first kappa shape index (κ1) is 40.6. The number of aromatic nitrogens is 6. The van der Waals surface area contributed by atoms with E-state index in [-0.39, 0.29) is 0 Å². The maximum absolute atomic E-state index is 4.72. The Hall–Kier alpha value is -9.66. The van der Waals surface area contributed by atoms with Gasteiger partial charge in [0.1, 0.15) is 22.1 Å². The summed E-state index contributed by atoms with van der Waals surface area (Å²) >= 11 is 0. The quantitative estimate of drug-likeness (QED) is 0.136. The van der Waals surface area contributed by atoms with Crippen molar-refractivity contribution in [1.29, 1.82) is 0 Å². The highest BCUT2D eigenvalue weighted by molar-refractivity contribution is 6.00. The molecule has 13 aromatic rings. The van der Waals surface area contributed by atoms with Crippen LogP contribution in [0.3, 0.4) is 0 Å². The molecule has 0 amide bonds. The molecule has 0 spiro atoms. The zero-order valence-electron chi connectivity index (χ0n) is 37.8. The van der Waals surface area contributed by atoms with Gasteiger partial charge in [-0.15, -0.1) is 20.4 Å². The van der Waals surface area contributed by atoms with Gasteiger partial charge < -0.3 is 9.80 Å². The molecule has 0 atom stereocenters. The minimum absolute atomic E-state index is 0.867. The van der Waals surface area contributed by atoms with Crippen LogP contribution in [0.4, 0.5) is 34.1 Å². The van der Waals surface area contributed by atoms with Gasteiger partial charge >= 0.3 is 0 Å². The number of anilines is 6. The number of rotatable bonds is 10. The molecular formula is C62H42N8. The third-order valence-corrected chi connectivity index (χ3v) is 13.1. The fraction of sp³-hybridized carbons (Fsp3) is 0. The van der Waals surface area contributed by atoms with Gasteiger partial charge in [0.25, 0.3) is 0 Å². The molecule has 0 radical (unpaired) electrons. The van der Waals surface area contributed by atoms with Crippen molar-refractivity contribution >= 4 is 77.7 Å². The predicted molar refractivity (Wildman–Crippen MR) is 287 cm³/mol. The standard InChI is InChI=1S/C62H42N8/c1-3-15-55-47(11-1)13-9-21-61(55)67(51-35-39-53(40-36-51)69-63-57-17-5-6-18-58(57)64-69)49-31-27-45(28-32-49)43-23-25-44(26-24-43)46-29-33-50(34-30-46)68(62-22-10-14-48-12-2-4-16-56(48)62)52-37-41-54(42-38-52)70-65-59-19-7-8-20-60(59)66-70/h1-42H. The zero-order chi connectivity index (χ0) is 46.4. The number of nitrogens with zero attached hydrogens (tertiary/aromatic N) is 8. The summed E-state index contributed by atoms with van der Waals surface area (Å²) in [6.07, 6.45) is 0. The lowest BCUT2D eigenvalue weighted by atomic mass is 9.99. The average molecular weight is 899 g/mol. The van der Waals surface area contributed by atoms with Crippen LogP contribution in [0.5, 0.6) is 0 Å². The second-order valence-electron chi connectivity index (χ2n) is 17.3. The molecule has 8 heteroatoms. The van der Waals surface area contributed by atoms with E-state index in [4.69, 9.17) is 20.4 Å². The molecular weight excluding hydrogens is 857 g/mol. The number of hydrogen-bond donors (Lipinski definition) is 0. The van der Waals surface area contributed by atoms with E-state index in [1.54, 1.807) is 9.59 Å². The Labute approximate surface area is 404 Å². The van der Waals surface area contributed by atoms with Crippen LogP contribution in [0.15, 0.2) is 255 Å². The SMILES string of the molecule is c1ccc2c(N(c3ccc(-c4ccc(-c5ccc(N(c6ccc(-n7nc8ccccc8n7)cc6)c6cccc7ccccc67)cc5)cc4)cc3)c3ccc(-n4nc5ccccc5n4)cc3)cccc2c1. The van der Waals surface area contributed by atoms with Gasteiger partial charge in [-0.3, -0.25) is 0 Å². The van der Waals surface area contributed by atoms with Crippen LogP contribution in [0.25, 0.3) is 77.2 Å². The first-order chi connectivity index (χ1) is 34.7. The van der Waals surface area contributed by atoms with E-state index >= 15 is 0 Å². The molecule has 0 fully saturated rings.